The number of urea groups is 1. The molecule has 1 aromatic rings. The Morgan fingerprint density at radius 3 is 2.56 bits per heavy atom. The standard InChI is InChI=1S/C12H15ClN2O3/c1-2-7-14-12(17)15-11(16)8-18-10-5-3-9(13)4-6-10/h3-6H,2,7-8H2,1H3,(H2,14,15,16,17). The molecule has 3 amide bonds. The maximum absolute atomic E-state index is 11.3. The first kappa shape index (κ1) is 14.3. The molecule has 0 aromatic heterocycles. The molecule has 18 heavy (non-hydrogen) atoms. The summed E-state index contributed by atoms with van der Waals surface area (Å²) in [5, 5.41) is 5.27. The molecule has 0 heterocycles. The average Bonchev–Trinajstić information content (AvgIpc) is 2.35. The molecule has 0 atom stereocenters. The summed E-state index contributed by atoms with van der Waals surface area (Å²) in [5.41, 5.74) is 0. The summed E-state index contributed by atoms with van der Waals surface area (Å²) >= 11 is 5.70. The van der Waals surface area contributed by atoms with Crippen LogP contribution < -0.4 is 15.4 Å². The molecule has 5 nitrogen and oxygen atoms in total. The number of hydrogen-bond acceptors (Lipinski definition) is 3. The Labute approximate surface area is 110 Å². The summed E-state index contributed by atoms with van der Waals surface area (Å²) in [6.45, 7) is 2.23. The van der Waals surface area contributed by atoms with Crippen LogP contribution in [0.4, 0.5) is 4.79 Å². The van der Waals surface area contributed by atoms with Gasteiger partial charge in [-0.15, -0.1) is 0 Å². The van der Waals surface area contributed by atoms with Crippen LogP contribution in [0.1, 0.15) is 13.3 Å². The van der Waals surface area contributed by atoms with E-state index in [-0.39, 0.29) is 6.61 Å². The second-order valence-corrected chi connectivity index (χ2v) is 3.98. The van der Waals surface area contributed by atoms with E-state index in [0.29, 0.717) is 17.3 Å². The van der Waals surface area contributed by atoms with Crippen molar-refractivity contribution in [1.82, 2.24) is 10.6 Å². The van der Waals surface area contributed by atoms with Crippen molar-refractivity contribution in [2.75, 3.05) is 13.2 Å². The van der Waals surface area contributed by atoms with Gasteiger partial charge >= 0.3 is 6.03 Å². The molecule has 0 radical (unpaired) electrons. The first-order chi connectivity index (χ1) is 8.61. The molecule has 1 rings (SSSR count). The van der Waals surface area contributed by atoms with E-state index in [0.717, 1.165) is 6.42 Å². The van der Waals surface area contributed by atoms with Crippen LogP contribution in [-0.2, 0) is 4.79 Å². The fraction of sp³-hybridized carbons (Fsp3) is 0.333. The number of imide groups is 1. The minimum absolute atomic E-state index is 0.221. The second-order valence-electron chi connectivity index (χ2n) is 3.55. The van der Waals surface area contributed by atoms with Crippen LogP contribution in [0.5, 0.6) is 5.75 Å². The molecule has 0 bridgehead atoms. The molecule has 2 N–H and O–H groups in total. The summed E-state index contributed by atoms with van der Waals surface area (Å²) in [7, 11) is 0. The summed E-state index contributed by atoms with van der Waals surface area (Å²) in [6, 6.07) is 6.09. The predicted molar refractivity (Wildman–Crippen MR) is 68.8 cm³/mol. The number of ether oxygens (including phenoxy) is 1. The van der Waals surface area contributed by atoms with Gasteiger partial charge < -0.3 is 10.1 Å². The van der Waals surface area contributed by atoms with Crippen LogP contribution in [0.2, 0.25) is 5.02 Å². The minimum atomic E-state index is -0.512. The van der Waals surface area contributed by atoms with Crippen molar-refractivity contribution in [3.63, 3.8) is 0 Å². The number of rotatable bonds is 5. The van der Waals surface area contributed by atoms with E-state index >= 15 is 0 Å². The lowest BCUT2D eigenvalue weighted by Crippen LogP contribution is -2.41. The third-order valence-electron chi connectivity index (χ3n) is 1.97. The molecule has 6 heteroatoms. The van der Waals surface area contributed by atoms with E-state index in [1.54, 1.807) is 24.3 Å². The lowest BCUT2D eigenvalue weighted by Gasteiger charge is -2.07. The van der Waals surface area contributed by atoms with Gasteiger partial charge in [0.1, 0.15) is 5.75 Å². The first-order valence-electron chi connectivity index (χ1n) is 5.58. The lowest BCUT2D eigenvalue weighted by molar-refractivity contribution is -0.122. The van der Waals surface area contributed by atoms with Crippen molar-refractivity contribution in [1.29, 1.82) is 0 Å². The second kappa shape index (κ2) is 7.55. The molecule has 0 unspecified atom stereocenters. The monoisotopic (exact) mass is 270 g/mol. The van der Waals surface area contributed by atoms with Gasteiger partial charge in [-0.1, -0.05) is 18.5 Å². The van der Waals surface area contributed by atoms with E-state index in [9.17, 15) is 9.59 Å². The van der Waals surface area contributed by atoms with Crippen LogP contribution >= 0.6 is 11.6 Å². The zero-order chi connectivity index (χ0) is 13.4. The Morgan fingerprint density at radius 1 is 1.28 bits per heavy atom. The highest BCUT2D eigenvalue weighted by Crippen LogP contribution is 2.15. The summed E-state index contributed by atoms with van der Waals surface area (Å²) < 4.78 is 5.18. The Balaban J connectivity index is 2.28. The van der Waals surface area contributed by atoms with Crippen LogP contribution in [0.15, 0.2) is 24.3 Å². The van der Waals surface area contributed by atoms with Crippen molar-refractivity contribution in [2.24, 2.45) is 0 Å². The summed E-state index contributed by atoms with van der Waals surface area (Å²) in [4.78, 5) is 22.5. The number of halogens is 1. The molecular weight excluding hydrogens is 256 g/mol. The highest BCUT2D eigenvalue weighted by molar-refractivity contribution is 6.30. The van der Waals surface area contributed by atoms with Crippen LogP contribution in [0.3, 0.4) is 0 Å². The molecular formula is C12H15ClN2O3. The van der Waals surface area contributed by atoms with Crippen molar-refractivity contribution in [2.45, 2.75) is 13.3 Å². The normalized spacial score (nSPS) is 9.67. The maximum atomic E-state index is 11.3. The number of nitrogens with one attached hydrogen (secondary N) is 2. The van der Waals surface area contributed by atoms with Crippen LogP contribution in [0, 0.1) is 0 Å². The topological polar surface area (TPSA) is 67.4 Å². The van der Waals surface area contributed by atoms with E-state index in [2.05, 4.69) is 10.6 Å². The smallest absolute Gasteiger partial charge is 0.321 e. The molecule has 0 saturated carbocycles. The molecule has 0 aliphatic heterocycles. The van der Waals surface area contributed by atoms with Crippen molar-refractivity contribution < 1.29 is 14.3 Å². The van der Waals surface area contributed by atoms with Crippen molar-refractivity contribution in [3.05, 3.63) is 29.3 Å². The van der Waals surface area contributed by atoms with Gasteiger partial charge in [-0.25, -0.2) is 4.79 Å². The van der Waals surface area contributed by atoms with Crippen molar-refractivity contribution >= 4 is 23.5 Å². The molecule has 1 aromatic carbocycles. The quantitative estimate of drug-likeness (QED) is 0.859. The number of hydrogen-bond donors (Lipinski definition) is 2. The molecule has 0 aliphatic carbocycles. The lowest BCUT2D eigenvalue weighted by atomic mass is 10.3. The highest BCUT2D eigenvalue weighted by atomic mass is 35.5. The third kappa shape index (κ3) is 5.54. The highest BCUT2D eigenvalue weighted by Gasteiger charge is 2.07. The van der Waals surface area contributed by atoms with E-state index in [1.165, 1.54) is 0 Å². The SMILES string of the molecule is CCCNC(=O)NC(=O)COc1ccc(Cl)cc1. The van der Waals surface area contributed by atoms with Crippen LogP contribution in [0.25, 0.3) is 0 Å². The zero-order valence-corrected chi connectivity index (χ0v) is 10.8. The van der Waals surface area contributed by atoms with Gasteiger partial charge in [0.05, 0.1) is 0 Å². The summed E-state index contributed by atoms with van der Waals surface area (Å²) in [6.07, 6.45) is 0.808. The first-order valence-corrected chi connectivity index (χ1v) is 5.95. The van der Waals surface area contributed by atoms with Gasteiger partial charge in [0.2, 0.25) is 0 Å². The molecule has 0 fully saturated rings. The predicted octanol–water partition coefficient (Wildman–Crippen LogP) is 1.95. The van der Waals surface area contributed by atoms with Gasteiger partial charge in [-0.05, 0) is 30.7 Å². The summed E-state index contributed by atoms with van der Waals surface area (Å²) in [5.74, 6) is 0.0158. The van der Waals surface area contributed by atoms with Crippen LogP contribution in [-0.4, -0.2) is 25.1 Å². The van der Waals surface area contributed by atoms with Gasteiger partial charge in [-0.2, -0.15) is 0 Å². The minimum Gasteiger partial charge on any atom is -0.484 e. The number of amides is 3. The molecule has 0 aliphatic rings. The van der Waals surface area contributed by atoms with E-state index in [4.69, 9.17) is 16.3 Å². The fourth-order valence-corrected chi connectivity index (χ4v) is 1.25. The average molecular weight is 271 g/mol. The Kier molecular flexibility index (Phi) is 6.00. The number of carbonyl (C=O) groups is 2. The maximum Gasteiger partial charge on any atom is 0.321 e. The van der Waals surface area contributed by atoms with Gasteiger partial charge in [0.15, 0.2) is 6.61 Å². The van der Waals surface area contributed by atoms with Gasteiger partial charge in [0.25, 0.3) is 5.91 Å². The Bertz CT molecular complexity index is 406. The largest absolute Gasteiger partial charge is 0.484 e. The number of benzene rings is 1. The van der Waals surface area contributed by atoms with Gasteiger partial charge in [-0.3, -0.25) is 10.1 Å². The number of carbonyl (C=O) groups excluding carboxylic acids is 2. The Hall–Kier alpha value is -1.75. The zero-order valence-electron chi connectivity index (χ0n) is 10.0. The molecule has 0 saturated heterocycles. The van der Waals surface area contributed by atoms with E-state index < -0.39 is 11.9 Å². The van der Waals surface area contributed by atoms with Crippen molar-refractivity contribution in [3.8, 4) is 5.75 Å². The fourth-order valence-electron chi connectivity index (χ4n) is 1.13. The third-order valence-corrected chi connectivity index (χ3v) is 2.22. The van der Waals surface area contributed by atoms with E-state index in [1.807, 2.05) is 6.92 Å². The molecule has 0 spiro atoms. The Morgan fingerprint density at radius 2 is 1.94 bits per heavy atom. The molecule has 98 valence electrons. The van der Waals surface area contributed by atoms with Gasteiger partial charge in [0, 0.05) is 11.6 Å².